The first-order valence-corrected chi connectivity index (χ1v) is 9.56. The molecule has 3 aliphatic rings. The molecule has 0 aromatic rings. The molecule has 0 atom stereocenters. The molecule has 0 aromatic carbocycles. The maximum Gasteiger partial charge on any atom is 0.0601 e. The standard InChI is InChI=1S/C20H34N2O/c1-16(2)6-5-9-21-10-7-18(8-11-21)22-14-20(15-22)12-19(13-20)23-17(3)4/h16-19H,7-15H2,1-4H3. The Morgan fingerprint density at radius 1 is 1.09 bits per heavy atom. The minimum absolute atomic E-state index is 0.386. The number of nitrogens with zero attached hydrogens (tertiary/aromatic N) is 2. The van der Waals surface area contributed by atoms with Gasteiger partial charge in [-0.1, -0.05) is 25.7 Å². The van der Waals surface area contributed by atoms with Crippen LogP contribution in [0, 0.1) is 23.2 Å². The SMILES string of the molecule is CC(C)C#CCN1CCC(N2CC3(CC(OC(C)C)C3)C2)CC1. The molecular weight excluding hydrogens is 284 g/mol. The van der Waals surface area contributed by atoms with Crippen LogP contribution in [-0.2, 0) is 4.74 Å². The molecule has 2 aliphatic heterocycles. The average Bonchev–Trinajstić information content (AvgIpc) is 2.40. The minimum atomic E-state index is 0.386. The van der Waals surface area contributed by atoms with Gasteiger partial charge in [-0.05, 0) is 39.5 Å². The first-order valence-electron chi connectivity index (χ1n) is 9.56. The summed E-state index contributed by atoms with van der Waals surface area (Å²) in [7, 11) is 0. The Labute approximate surface area is 142 Å². The third-order valence-electron chi connectivity index (χ3n) is 5.63. The second-order valence-corrected chi connectivity index (χ2v) is 8.60. The summed E-state index contributed by atoms with van der Waals surface area (Å²) in [6.45, 7) is 14.7. The highest BCUT2D eigenvalue weighted by Gasteiger charge is 2.54. The Hall–Kier alpha value is -0.560. The quantitative estimate of drug-likeness (QED) is 0.741. The molecule has 1 saturated carbocycles. The molecule has 0 amide bonds. The van der Waals surface area contributed by atoms with E-state index in [0.29, 0.717) is 23.5 Å². The monoisotopic (exact) mass is 318 g/mol. The number of piperidine rings is 1. The predicted molar refractivity (Wildman–Crippen MR) is 95.3 cm³/mol. The smallest absolute Gasteiger partial charge is 0.0601 e. The molecule has 3 rings (SSSR count). The summed E-state index contributed by atoms with van der Waals surface area (Å²) in [6, 6.07) is 0.819. The van der Waals surface area contributed by atoms with Crippen LogP contribution in [0.4, 0.5) is 0 Å². The average molecular weight is 319 g/mol. The molecule has 0 unspecified atom stereocenters. The number of hydrogen-bond donors (Lipinski definition) is 0. The molecule has 3 nitrogen and oxygen atoms in total. The number of hydrogen-bond acceptors (Lipinski definition) is 3. The van der Waals surface area contributed by atoms with Crippen LogP contribution in [0.3, 0.4) is 0 Å². The van der Waals surface area contributed by atoms with Crippen LogP contribution in [0.15, 0.2) is 0 Å². The Bertz CT molecular complexity index is 440. The van der Waals surface area contributed by atoms with Crippen molar-refractivity contribution in [1.82, 2.24) is 9.80 Å². The van der Waals surface area contributed by atoms with E-state index < -0.39 is 0 Å². The fourth-order valence-electron chi connectivity index (χ4n) is 4.52. The summed E-state index contributed by atoms with van der Waals surface area (Å²) in [5.41, 5.74) is 0.624. The van der Waals surface area contributed by atoms with Crippen LogP contribution in [0.2, 0.25) is 0 Å². The molecule has 2 saturated heterocycles. The molecule has 0 bridgehead atoms. The molecular formula is C20H34N2O. The summed E-state index contributed by atoms with van der Waals surface area (Å²) in [4.78, 5) is 5.26. The lowest BCUT2D eigenvalue weighted by molar-refractivity contribution is -0.175. The Balaban J connectivity index is 1.33. The molecule has 2 heterocycles. The fourth-order valence-corrected chi connectivity index (χ4v) is 4.52. The summed E-state index contributed by atoms with van der Waals surface area (Å²) in [6.07, 6.45) is 6.17. The van der Waals surface area contributed by atoms with Crippen molar-refractivity contribution in [2.75, 3.05) is 32.7 Å². The number of rotatable bonds is 4. The van der Waals surface area contributed by atoms with Crippen molar-refractivity contribution in [3.8, 4) is 11.8 Å². The summed E-state index contributed by atoms with van der Waals surface area (Å²) >= 11 is 0. The highest BCUT2D eigenvalue weighted by atomic mass is 16.5. The van der Waals surface area contributed by atoms with Crippen LogP contribution in [0.1, 0.15) is 53.4 Å². The van der Waals surface area contributed by atoms with E-state index in [1.807, 2.05) is 0 Å². The first-order chi connectivity index (χ1) is 11.0. The molecule has 3 fully saturated rings. The van der Waals surface area contributed by atoms with Gasteiger partial charge in [0.1, 0.15) is 0 Å². The first kappa shape index (κ1) is 17.3. The van der Waals surface area contributed by atoms with E-state index in [0.717, 1.165) is 12.6 Å². The number of ether oxygens (including phenoxy) is 1. The van der Waals surface area contributed by atoms with Crippen molar-refractivity contribution in [3.63, 3.8) is 0 Å². The van der Waals surface area contributed by atoms with Crippen molar-refractivity contribution in [2.24, 2.45) is 11.3 Å². The Kier molecular flexibility index (Phi) is 5.35. The second-order valence-electron chi connectivity index (χ2n) is 8.60. The molecule has 1 spiro atoms. The maximum atomic E-state index is 5.93. The van der Waals surface area contributed by atoms with Gasteiger partial charge in [-0.3, -0.25) is 9.80 Å². The van der Waals surface area contributed by atoms with Gasteiger partial charge in [-0.25, -0.2) is 0 Å². The summed E-state index contributed by atoms with van der Waals surface area (Å²) in [5.74, 6) is 7.10. The molecule has 3 heteroatoms. The normalized spacial score (nSPS) is 26.2. The van der Waals surface area contributed by atoms with Crippen molar-refractivity contribution >= 4 is 0 Å². The van der Waals surface area contributed by atoms with E-state index in [1.165, 1.54) is 51.9 Å². The third kappa shape index (κ3) is 4.29. The zero-order valence-corrected chi connectivity index (χ0v) is 15.5. The molecule has 1 aliphatic carbocycles. The summed E-state index contributed by atoms with van der Waals surface area (Å²) in [5, 5.41) is 0. The lowest BCUT2D eigenvalue weighted by atomic mass is 9.61. The molecule has 0 aromatic heterocycles. The maximum absolute atomic E-state index is 5.93. The van der Waals surface area contributed by atoms with Crippen LogP contribution < -0.4 is 0 Å². The van der Waals surface area contributed by atoms with Gasteiger partial charge in [0.25, 0.3) is 0 Å². The molecule has 23 heavy (non-hydrogen) atoms. The lowest BCUT2D eigenvalue weighted by Gasteiger charge is -2.61. The van der Waals surface area contributed by atoms with Crippen molar-refractivity contribution in [2.45, 2.75) is 71.6 Å². The van der Waals surface area contributed by atoms with Gasteiger partial charge in [-0.2, -0.15) is 0 Å². The van der Waals surface area contributed by atoms with Gasteiger partial charge in [0.2, 0.25) is 0 Å². The molecule has 130 valence electrons. The topological polar surface area (TPSA) is 15.7 Å². The second kappa shape index (κ2) is 7.13. The predicted octanol–water partition coefficient (Wildman–Crippen LogP) is 3.00. The van der Waals surface area contributed by atoms with Gasteiger partial charge in [-0.15, -0.1) is 0 Å². The highest BCUT2D eigenvalue weighted by molar-refractivity contribution is 5.07. The summed E-state index contributed by atoms with van der Waals surface area (Å²) < 4.78 is 5.93. The lowest BCUT2D eigenvalue weighted by Crippen LogP contribution is -2.67. The van der Waals surface area contributed by atoms with E-state index in [4.69, 9.17) is 4.74 Å². The van der Waals surface area contributed by atoms with Crippen LogP contribution >= 0.6 is 0 Å². The van der Waals surface area contributed by atoms with E-state index in [9.17, 15) is 0 Å². The minimum Gasteiger partial charge on any atom is -0.376 e. The van der Waals surface area contributed by atoms with Gasteiger partial charge in [0.05, 0.1) is 18.8 Å². The van der Waals surface area contributed by atoms with E-state index in [1.54, 1.807) is 0 Å². The van der Waals surface area contributed by atoms with Crippen LogP contribution in [0.5, 0.6) is 0 Å². The van der Waals surface area contributed by atoms with Gasteiger partial charge in [0.15, 0.2) is 0 Å². The third-order valence-corrected chi connectivity index (χ3v) is 5.63. The number of likely N-dealkylation sites (tertiary alicyclic amines) is 2. The van der Waals surface area contributed by atoms with Crippen molar-refractivity contribution < 1.29 is 4.74 Å². The fraction of sp³-hybridized carbons (Fsp3) is 0.900. The zero-order chi connectivity index (χ0) is 16.4. The largest absolute Gasteiger partial charge is 0.376 e. The molecule has 0 radical (unpaired) electrons. The molecule has 0 N–H and O–H groups in total. The Morgan fingerprint density at radius 3 is 2.30 bits per heavy atom. The van der Waals surface area contributed by atoms with Crippen LogP contribution in [-0.4, -0.2) is 60.8 Å². The van der Waals surface area contributed by atoms with Gasteiger partial charge >= 0.3 is 0 Å². The van der Waals surface area contributed by atoms with Crippen LogP contribution in [0.25, 0.3) is 0 Å². The van der Waals surface area contributed by atoms with Crippen molar-refractivity contribution in [1.29, 1.82) is 0 Å². The van der Waals surface area contributed by atoms with E-state index in [-0.39, 0.29) is 0 Å². The van der Waals surface area contributed by atoms with Gasteiger partial charge in [0, 0.05) is 43.6 Å². The van der Waals surface area contributed by atoms with E-state index in [2.05, 4.69) is 49.3 Å². The van der Waals surface area contributed by atoms with Crippen molar-refractivity contribution in [3.05, 3.63) is 0 Å². The zero-order valence-electron chi connectivity index (χ0n) is 15.5. The Morgan fingerprint density at radius 2 is 1.74 bits per heavy atom. The van der Waals surface area contributed by atoms with Gasteiger partial charge < -0.3 is 4.74 Å². The van der Waals surface area contributed by atoms with E-state index >= 15 is 0 Å². The highest BCUT2D eigenvalue weighted by Crippen LogP contribution is 2.51.